The Morgan fingerprint density at radius 2 is 2.04 bits per heavy atom. The first kappa shape index (κ1) is 17.8. The van der Waals surface area contributed by atoms with Crippen LogP contribution in [0.15, 0.2) is 48.7 Å². The minimum atomic E-state index is -0.568. The molecule has 1 amide bonds. The SMILES string of the molecule is CC(C)(N)c1ccc(OCCn2cccc2/C=C/C(=O)NO)cc1. The first-order valence-electron chi connectivity index (χ1n) is 7.69. The number of hydrogen-bond donors (Lipinski definition) is 3. The van der Waals surface area contributed by atoms with Gasteiger partial charge in [0.15, 0.2) is 0 Å². The first-order chi connectivity index (χ1) is 11.4. The van der Waals surface area contributed by atoms with E-state index in [-0.39, 0.29) is 5.54 Å². The number of nitrogens with zero attached hydrogens (tertiary/aromatic N) is 1. The number of nitrogens with one attached hydrogen (secondary N) is 1. The summed E-state index contributed by atoms with van der Waals surface area (Å²) >= 11 is 0. The molecule has 128 valence electrons. The number of carbonyl (C=O) groups excluding carboxylic acids is 1. The Balaban J connectivity index is 1.90. The van der Waals surface area contributed by atoms with Crippen LogP contribution in [-0.4, -0.2) is 22.3 Å². The molecule has 0 radical (unpaired) electrons. The fraction of sp³-hybridized carbons (Fsp3) is 0.278. The third-order valence-electron chi connectivity index (χ3n) is 3.58. The minimum Gasteiger partial charge on any atom is -0.492 e. The maximum atomic E-state index is 11.0. The molecule has 6 nitrogen and oxygen atoms in total. The van der Waals surface area contributed by atoms with Crippen LogP contribution in [0.5, 0.6) is 5.75 Å². The van der Waals surface area contributed by atoms with Crippen LogP contribution in [0.25, 0.3) is 6.08 Å². The van der Waals surface area contributed by atoms with E-state index in [1.807, 2.05) is 61.0 Å². The van der Waals surface area contributed by atoms with Crippen molar-refractivity contribution in [1.82, 2.24) is 10.0 Å². The summed E-state index contributed by atoms with van der Waals surface area (Å²) in [6, 6.07) is 11.5. The van der Waals surface area contributed by atoms with Gasteiger partial charge in [-0.25, -0.2) is 5.48 Å². The van der Waals surface area contributed by atoms with Crippen molar-refractivity contribution in [2.24, 2.45) is 5.73 Å². The number of benzene rings is 1. The van der Waals surface area contributed by atoms with Gasteiger partial charge >= 0.3 is 0 Å². The summed E-state index contributed by atoms with van der Waals surface area (Å²) in [4.78, 5) is 11.0. The molecule has 24 heavy (non-hydrogen) atoms. The molecule has 0 fully saturated rings. The van der Waals surface area contributed by atoms with E-state index in [9.17, 15) is 4.79 Å². The molecule has 2 aromatic rings. The van der Waals surface area contributed by atoms with Gasteiger partial charge in [0.2, 0.25) is 0 Å². The van der Waals surface area contributed by atoms with Crippen LogP contribution in [0, 0.1) is 0 Å². The van der Waals surface area contributed by atoms with Crippen LogP contribution in [0.3, 0.4) is 0 Å². The number of carbonyl (C=O) groups is 1. The molecular weight excluding hydrogens is 306 g/mol. The summed E-state index contributed by atoms with van der Waals surface area (Å²) in [5, 5.41) is 8.48. The van der Waals surface area contributed by atoms with Gasteiger partial charge in [0, 0.05) is 23.5 Å². The Morgan fingerprint density at radius 1 is 1.33 bits per heavy atom. The van der Waals surface area contributed by atoms with Gasteiger partial charge in [0.05, 0.1) is 6.54 Å². The largest absolute Gasteiger partial charge is 0.492 e. The van der Waals surface area contributed by atoms with E-state index in [0.29, 0.717) is 13.2 Å². The van der Waals surface area contributed by atoms with Crippen LogP contribution >= 0.6 is 0 Å². The average Bonchev–Trinajstić information content (AvgIpc) is 2.99. The highest BCUT2D eigenvalue weighted by atomic mass is 16.5. The van der Waals surface area contributed by atoms with Gasteiger partial charge < -0.3 is 15.0 Å². The molecule has 0 aliphatic rings. The van der Waals surface area contributed by atoms with Gasteiger partial charge in [-0.05, 0) is 49.8 Å². The molecule has 1 aromatic carbocycles. The smallest absolute Gasteiger partial charge is 0.267 e. The lowest BCUT2D eigenvalue weighted by atomic mass is 9.96. The van der Waals surface area contributed by atoms with E-state index in [1.54, 1.807) is 11.6 Å². The van der Waals surface area contributed by atoms with Gasteiger partial charge in [0.25, 0.3) is 5.91 Å². The Hall–Kier alpha value is -2.57. The lowest BCUT2D eigenvalue weighted by Gasteiger charge is -2.19. The molecule has 2 rings (SSSR count). The first-order valence-corrected chi connectivity index (χ1v) is 7.69. The highest BCUT2D eigenvalue weighted by molar-refractivity contribution is 5.90. The summed E-state index contributed by atoms with van der Waals surface area (Å²) in [5.74, 6) is 0.217. The molecule has 1 heterocycles. The van der Waals surface area contributed by atoms with E-state index < -0.39 is 5.91 Å². The zero-order valence-corrected chi connectivity index (χ0v) is 13.9. The van der Waals surface area contributed by atoms with Gasteiger partial charge in [-0.2, -0.15) is 0 Å². The van der Waals surface area contributed by atoms with Crippen molar-refractivity contribution in [2.75, 3.05) is 6.61 Å². The van der Waals surface area contributed by atoms with Crippen molar-refractivity contribution in [1.29, 1.82) is 0 Å². The fourth-order valence-electron chi connectivity index (χ4n) is 2.22. The molecular formula is C18H23N3O3. The van der Waals surface area contributed by atoms with E-state index in [2.05, 4.69) is 0 Å². The molecule has 4 N–H and O–H groups in total. The third-order valence-corrected chi connectivity index (χ3v) is 3.58. The number of aromatic nitrogens is 1. The van der Waals surface area contributed by atoms with Gasteiger partial charge in [-0.15, -0.1) is 0 Å². The Bertz CT molecular complexity index is 697. The summed E-state index contributed by atoms with van der Waals surface area (Å²) < 4.78 is 7.70. The summed E-state index contributed by atoms with van der Waals surface area (Å²) in [5.41, 5.74) is 9.14. The zero-order chi connectivity index (χ0) is 17.6. The molecule has 0 saturated carbocycles. The normalized spacial score (nSPS) is 11.7. The zero-order valence-electron chi connectivity index (χ0n) is 13.9. The van der Waals surface area contributed by atoms with E-state index in [1.165, 1.54) is 6.08 Å². The Morgan fingerprint density at radius 3 is 2.67 bits per heavy atom. The molecule has 0 spiro atoms. The van der Waals surface area contributed by atoms with Crippen molar-refractivity contribution < 1.29 is 14.7 Å². The molecule has 0 unspecified atom stereocenters. The molecule has 6 heteroatoms. The van der Waals surface area contributed by atoms with E-state index >= 15 is 0 Å². The molecule has 0 aliphatic heterocycles. The van der Waals surface area contributed by atoms with Crippen molar-refractivity contribution in [3.63, 3.8) is 0 Å². The second-order valence-corrected chi connectivity index (χ2v) is 6.03. The van der Waals surface area contributed by atoms with Crippen LogP contribution in [-0.2, 0) is 16.9 Å². The van der Waals surface area contributed by atoms with E-state index in [4.69, 9.17) is 15.7 Å². The monoisotopic (exact) mass is 329 g/mol. The fourth-order valence-corrected chi connectivity index (χ4v) is 2.22. The lowest BCUT2D eigenvalue weighted by molar-refractivity contribution is -0.124. The summed E-state index contributed by atoms with van der Waals surface area (Å²) in [6.07, 6.45) is 4.80. The standard InChI is InChI=1S/C18H23N3O3/c1-18(2,19)14-5-8-16(9-6-14)24-13-12-21-11-3-4-15(21)7-10-17(22)20-23/h3-11,23H,12-13,19H2,1-2H3,(H,20,22)/b10-7+. The quantitative estimate of drug-likeness (QED) is 0.413. The minimum absolute atomic E-state index is 0.369. The lowest BCUT2D eigenvalue weighted by Crippen LogP contribution is -2.28. The summed E-state index contributed by atoms with van der Waals surface area (Å²) in [6.45, 7) is 5.05. The van der Waals surface area contributed by atoms with Gasteiger partial charge in [-0.1, -0.05) is 12.1 Å². The second kappa shape index (κ2) is 7.81. The van der Waals surface area contributed by atoms with Gasteiger partial charge in [-0.3, -0.25) is 10.0 Å². The van der Waals surface area contributed by atoms with Crippen molar-refractivity contribution in [3.8, 4) is 5.75 Å². The summed E-state index contributed by atoms with van der Waals surface area (Å²) in [7, 11) is 0. The van der Waals surface area contributed by atoms with Crippen molar-refractivity contribution >= 4 is 12.0 Å². The predicted octanol–water partition coefficient (Wildman–Crippen LogP) is 2.28. The highest BCUT2D eigenvalue weighted by Crippen LogP contribution is 2.20. The van der Waals surface area contributed by atoms with Crippen LogP contribution in [0.4, 0.5) is 0 Å². The average molecular weight is 329 g/mol. The maximum Gasteiger partial charge on any atom is 0.267 e. The Kier molecular flexibility index (Phi) is 5.78. The predicted molar refractivity (Wildman–Crippen MR) is 92.5 cm³/mol. The number of hydrogen-bond acceptors (Lipinski definition) is 4. The highest BCUT2D eigenvalue weighted by Gasteiger charge is 2.13. The van der Waals surface area contributed by atoms with Crippen molar-refractivity contribution in [3.05, 3.63) is 59.9 Å². The number of rotatable bonds is 7. The molecule has 0 bridgehead atoms. The Labute approximate surface area is 141 Å². The third kappa shape index (κ3) is 4.97. The molecule has 0 atom stereocenters. The maximum absolute atomic E-state index is 11.0. The van der Waals surface area contributed by atoms with Crippen LogP contribution in [0.1, 0.15) is 25.1 Å². The van der Waals surface area contributed by atoms with Crippen LogP contribution < -0.4 is 16.0 Å². The number of hydroxylamine groups is 1. The number of nitrogens with two attached hydrogens (primary N) is 1. The number of ether oxygens (including phenoxy) is 1. The number of amides is 1. The van der Waals surface area contributed by atoms with E-state index in [0.717, 1.165) is 17.0 Å². The molecule has 0 saturated heterocycles. The molecule has 0 aliphatic carbocycles. The molecule has 1 aromatic heterocycles. The van der Waals surface area contributed by atoms with Crippen molar-refractivity contribution in [2.45, 2.75) is 25.9 Å². The second-order valence-electron chi connectivity index (χ2n) is 6.03. The van der Waals surface area contributed by atoms with Crippen LogP contribution in [0.2, 0.25) is 0 Å². The topological polar surface area (TPSA) is 89.5 Å². The van der Waals surface area contributed by atoms with Gasteiger partial charge in [0.1, 0.15) is 12.4 Å².